The van der Waals surface area contributed by atoms with Gasteiger partial charge in [0.2, 0.25) is 0 Å². The van der Waals surface area contributed by atoms with Gasteiger partial charge in [-0.1, -0.05) is 36.8 Å². The van der Waals surface area contributed by atoms with Crippen molar-refractivity contribution in [1.29, 1.82) is 0 Å². The van der Waals surface area contributed by atoms with Crippen LogP contribution >= 0.6 is 0 Å². The van der Waals surface area contributed by atoms with Crippen molar-refractivity contribution in [3.05, 3.63) is 35.4 Å². The van der Waals surface area contributed by atoms with E-state index in [2.05, 4.69) is 0 Å². The molecule has 5 heteroatoms. The lowest BCUT2D eigenvalue weighted by molar-refractivity contribution is -0.187. The molecule has 2 nitrogen and oxygen atoms in total. The quantitative estimate of drug-likeness (QED) is 0.894. The van der Waals surface area contributed by atoms with Crippen LogP contribution in [0.15, 0.2) is 24.3 Å². The molecule has 0 amide bonds. The van der Waals surface area contributed by atoms with E-state index in [1.165, 1.54) is 11.9 Å². The van der Waals surface area contributed by atoms with Crippen LogP contribution in [0.1, 0.15) is 24.5 Å². The highest BCUT2D eigenvalue weighted by Gasteiger charge is 2.45. The van der Waals surface area contributed by atoms with E-state index in [1.54, 1.807) is 6.92 Å². The van der Waals surface area contributed by atoms with Gasteiger partial charge in [0.1, 0.15) is 6.04 Å². The Morgan fingerprint density at radius 1 is 1.21 bits per heavy atom. The SMILES string of the molecule is CCC(N)C(N(C)Cc1ccc(C)cc1)C(F)(F)F. The summed E-state index contributed by atoms with van der Waals surface area (Å²) >= 11 is 0. The van der Waals surface area contributed by atoms with Crippen molar-refractivity contribution >= 4 is 0 Å². The fourth-order valence-electron chi connectivity index (χ4n) is 2.12. The van der Waals surface area contributed by atoms with Crippen LogP contribution in [0.4, 0.5) is 13.2 Å². The Balaban J connectivity index is 2.82. The summed E-state index contributed by atoms with van der Waals surface area (Å²) in [4.78, 5) is 1.28. The van der Waals surface area contributed by atoms with Gasteiger partial charge in [0.15, 0.2) is 0 Å². The first kappa shape index (κ1) is 16.0. The third kappa shape index (κ3) is 4.51. The predicted molar refractivity (Wildman–Crippen MR) is 70.8 cm³/mol. The first-order valence-electron chi connectivity index (χ1n) is 6.33. The van der Waals surface area contributed by atoms with Crippen LogP contribution in [0.25, 0.3) is 0 Å². The minimum Gasteiger partial charge on any atom is -0.326 e. The van der Waals surface area contributed by atoms with Crippen molar-refractivity contribution in [2.24, 2.45) is 5.73 Å². The molecule has 0 fully saturated rings. The van der Waals surface area contributed by atoms with Crippen molar-refractivity contribution in [3.8, 4) is 0 Å². The number of likely N-dealkylation sites (N-methyl/N-ethyl adjacent to an activating group) is 1. The van der Waals surface area contributed by atoms with Gasteiger partial charge in [-0.15, -0.1) is 0 Å². The zero-order chi connectivity index (χ0) is 14.6. The topological polar surface area (TPSA) is 29.3 Å². The molecule has 1 aromatic rings. The lowest BCUT2D eigenvalue weighted by atomic mass is 10.0. The van der Waals surface area contributed by atoms with E-state index in [4.69, 9.17) is 5.73 Å². The maximum Gasteiger partial charge on any atom is 0.405 e. The van der Waals surface area contributed by atoms with Crippen LogP contribution in [0.3, 0.4) is 0 Å². The van der Waals surface area contributed by atoms with E-state index in [0.29, 0.717) is 6.42 Å². The Kier molecular flexibility index (Phi) is 5.38. The second-order valence-corrected chi connectivity index (χ2v) is 4.96. The van der Waals surface area contributed by atoms with E-state index < -0.39 is 18.3 Å². The lowest BCUT2D eigenvalue weighted by Gasteiger charge is -2.33. The molecule has 1 rings (SSSR count). The van der Waals surface area contributed by atoms with Gasteiger partial charge >= 0.3 is 6.18 Å². The number of nitrogens with two attached hydrogens (primary N) is 1. The lowest BCUT2D eigenvalue weighted by Crippen LogP contribution is -2.54. The average Bonchev–Trinajstić information content (AvgIpc) is 2.30. The number of hydrogen-bond donors (Lipinski definition) is 1. The maximum atomic E-state index is 13.1. The highest BCUT2D eigenvalue weighted by molar-refractivity contribution is 5.21. The minimum atomic E-state index is -4.31. The van der Waals surface area contributed by atoms with Crippen LogP contribution in [0.5, 0.6) is 0 Å². The molecular formula is C14H21F3N2. The molecule has 1 aromatic carbocycles. The smallest absolute Gasteiger partial charge is 0.326 e. The Morgan fingerprint density at radius 2 is 1.74 bits per heavy atom. The summed E-state index contributed by atoms with van der Waals surface area (Å²) in [6.07, 6.45) is -4.02. The molecule has 0 aliphatic rings. The molecule has 0 saturated carbocycles. The molecule has 0 aliphatic carbocycles. The van der Waals surface area contributed by atoms with Crippen molar-refractivity contribution in [2.75, 3.05) is 7.05 Å². The molecule has 0 saturated heterocycles. The normalized spacial score (nSPS) is 15.6. The number of rotatable bonds is 5. The third-order valence-corrected chi connectivity index (χ3v) is 3.24. The molecule has 0 aromatic heterocycles. The standard InChI is InChI=1S/C14H21F3N2/c1-4-12(18)13(14(15,16)17)19(3)9-11-7-5-10(2)6-8-11/h5-8,12-13H,4,9,18H2,1-3H3. The van der Waals surface area contributed by atoms with Gasteiger partial charge in [-0.3, -0.25) is 4.90 Å². The van der Waals surface area contributed by atoms with E-state index in [9.17, 15) is 13.2 Å². The summed E-state index contributed by atoms with van der Waals surface area (Å²) < 4.78 is 39.2. The van der Waals surface area contributed by atoms with Crippen LogP contribution in [-0.2, 0) is 6.54 Å². The second kappa shape index (κ2) is 6.39. The molecule has 0 spiro atoms. The predicted octanol–water partition coefficient (Wildman–Crippen LogP) is 3.10. The van der Waals surface area contributed by atoms with Gasteiger partial charge in [-0.05, 0) is 26.0 Å². The molecular weight excluding hydrogens is 253 g/mol. The summed E-state index contributed by atoms with van der Waals surface area (Å²) in [5.74, 6) is 0. The van der Waals surface area contributed by atoms with Crippen LogP contribution in [0, 0.1) is 6.92 Å². The maximum absolute atomic E-state index is 13.1. The molecule has 2 atom stereocenters. The number of hydrogen-bond acceptors (Lipinski definition) is 2. The van der Waals surface area contributed by atoms with Crippen molar-refractivity contribution < 1.29 is 13.2 Å². The first-order chi connectivity index (χ1) is 8.75. The van der Waals surface area contributed by atoms with Gasteiger partial charge in [0, 0.05) is 12.6 Å². The van der Waals surface area contributed by atoms with Crippen molar-refractivity contribution in [1.82, 2.24) is 4.90 Å². The van der Waals surface area contributed by atoms with Crippen molar-refractivity contribution in [2.45, 2.75) is 45.1 Å². The van der Waals surface area contributed by atoms with Crippen LogP contribution in [0.2, 0.25) is 0 Å². The Bertz CT molecular complexity index is 387. The highest BCUT2D eigenvalue weighted by Crippen LogP contribution is 2.28. The summed E-state index contributed by atoms with van der Waals surface area (Å²) in [6.45, 7) is 3.85. The number of halogens is 3. The average molecular weight is 274 g/mol. The fourth-order valence-corrected chi connectivity index (χ4v) is 2.12. The van der Waals surface area contributed by atoms with E-state index >= 15 is 0 Å². The molecule has 108 valence electrons. The summed E-state index contributed by atoms with van der Waals surface area (Å²) in [5.41, 5.74) is 7.56. The molecule has 0 aliphatic heterocycles. The van der Waals surface area contributed by atoms with Crippen LogP contribution in [-0.4, -0.2) is 30.2 Å². The van der Waals surface area contributed by atoms with Gasteiger partial charge < -0.3 is 5.73 Å². The highest BCUT2D eigenvalue weighted by atomic mass is 19.4. The van der Waals surface area contributed by atoms with Gasteiger partial charge in [-0.25, -0.2) is 0 Å². The zero-order valence-corrected chi connectivity index (χ0v) is 11.5. The monoisotopic (exact) mass is 274 g/mol. The number of aryl methyl sites for hydroxylation is 1. The largest absolute Gasteiger partial charge is 0.405 e. The fraction of sp³-hybridized carbons (Fsp3) is 0.571. The molecule has 0 heterocycles. The summed E-state index contributed by atoms with van der Waals surface area (Å²) in [5, 5.41) is 0. The Morgan fingerprint density at radius 3 is 2.16 bits per heavy atom. The zero-order valence-electron chi connectivity index (χ0n) is 11.5. The van der Waals surface area contributed by atoms with Gasteiger partial charge in [0.05, 0.1) is 0 Å². The molecule has 0 bridgehead atoms. The number of benzene rings is 1. The molecule has 2 unspecified atom stereocenters. The summed E-state index contributed by atoms with van der Waals surface area (Å²) in [7, 11) is 1.47. The number of alkyl halides is 3. The first-order valence-corrected chi connectivity index (χ1v) is 6.33. The Hall–Kier alpha value is -1.07. The van der Waals surface area contributed by atoms with E-state index in [1.807, 2.05) is 31.2 Å². The second-order valence-electron chi connectivity index (χ2n) is 4.96. The van der Waals surface area contributed by atoms with Crippen molar-refractivity contribution in [3.63, 3.8) is 0 Å². The van der Waals surface area contributed by atoms with E-state index in [0.717, 1.165) is 11.1 Å². The Labute approximate surface area is 112 Å². The van der Waals surface area contributed by atoms with Crippen LogP contribution < -0.4 is 5.73 Å². The van der Waals surface area contributed by atoms with Gasteiger partial charge in [0.25, 0.3) is 0 Å². The van der Waals surface area contributed by atoms with E-state index in [-0.39, 0.29) is 6.54 Å². The molecule has 19 heavy (non-hydrogen) atoms. The molecule has 0 radical (unpaired) electrons. The molecule has 2 N–H and O–H groups in total. The summed E-state index contributed by atoms with van der Waals surface area (Å²) in [6, 6.07) is 4.96. The van der Waals surface area contributed by atoms with Gasteiger partial charge in [-0.2, -0.15) is 13.2 Å². The minimum absolute atomic E-state index is 0.234. The number of nitrogens with zero attached hydrogens (tertiary/aromatic N) is 1. The third-order valence-electron chi connectivity index (χ3n) is 3.24.